The van der Waals surface area contributed by atoms with Crippen molar-refractivity contribution in [2.45, 2.75) is 34.1 Å². The van der Waals surface area contributed by atoms with Gasteiger partial charge in [0, 0.05) is 18.9 Å². The van der Waals surface area contributed by atoms with E-state index in [9.17, 15) is 0 Å². The molecule has 12 heavy (non-hydrogen) atoms. The van der Waals surface area contributed by atoms with Crippen LogP contribution in [0.2, 0.25) is 0 Å². The highest BCUT2D eigenvalue weighted by Gasteiger charge is 2.13. The van der Waals surface area contributed by atoms with Crippen molar-refractivity contribution in [2.24, 2.45) is 12.5 Å². The van der Waals surface area contributed by atoms with E-state index < -0.39 is 0 Å². The lowest BCUT2D eigenvalue weighted by Crippen LogP contribution is -2.11. The molecule has 0 fully saturated rings. The molecular weight excluding hydrogens is 146 g/mol. The van der Waals surface area contributed by atoms with Crippen LogP contribution in [0.15, 0.2) is 12.3 Å². The molecule has 0 saturated heterocycles. The van der Waals surface area contributed by atoms with E-state index >= 15 is 0 Å². The Kier molecular flexibility index (Phi) is 2.31. The zero-order valence-corrected chi connectivity index (χ0v) is 8.81. The zero-order chi connectivity index (χ0) is 9.35. The van der Waals surface area contributed by atoms with Crippen LogP contribution in [0.25, 0.3) is 0 Å². The summed E-state index contributed by atoms with van der Waals surface area (Å²) in [6, 6.07) is 2.27. The van der Waals surface area contributed by atoms with E-state index in [1.54, 1.807) is 0 Å². The summed E-state index contributed by atoms with van der Waals surface area (Å²) in [5.41, 5.74) is 3.18. The predicted octanol–water partition coefficient (Wildman–Crippen LogP) is 2.92. The fourth-order valence-corrected chi connectivity index (χ4v) is 1.51. The first-order valence-electron chi connectivity index (χ1n) is 4.50. The fraction of sp³-hybridized carbons (Fsp3) is 0.636. The van der Waals surface area contributed by atoms with Gasteiger partial charge in [0.2, 0.25) is 0 Å². The Morgan fingerprint density at radius 2 is 1.92 bits per heavy atom. The third-order valence-corrected chi connectivity index (χ3v) is 1.96. The van der Waals surface area contributed by atoms with E-state index in [2.05, 4.69) is 51.6 Å². The van der Waals surface area contributed by atoms with Crippen molar-refractivity contribution in [3.8, 4) is 0 Å². The summed E-state index contributed by atoms with van der Waals surface area (Å²) in [4.78, 5) is 0. The van der Waals surface area contributed by atoms with Crippen LogP contribution in [0.4, 0.5) is 0 Å². The minimum atomic E-state index is 0.387. The molecule has 1 heteroatoms. The molecule has 1 heterocycles. The molecule has 0 atom stereocenters. The first kappa shape index (κ1) is 9.37. The molecule has 0 amide bonds. The molecular formula is C11H19N. The summed E-state index contributed by atoms with van der Waals surface area (Å²) in [5.74, 6) is 0. The molecule has 0 aromatic carbocycles. The van der Waals surface area contributed by atoms with Gasteiger partial charge in [-0.15, -0.1) is 0 Å². The largest absolute Gasteiger partial charge is 0.354 e. The molecule has 1 aromatic heterocycles. The number of aromatic nitrogens is 1. The van der Waals surface area contributed by atoms with Crippen LogP contribution in [0.1, 0.15) is 32.0 Å². The van der Waals surface area contributed by atoms with Crippen molar-refractivity contribution in [3.05, 3.63) is 23.5 Å². The second-order valence-electron chi connectivity index (χ2n) is 4.86. The number of hydrogen-bond donors (Lipinski definition) is 0. The molecule has 1 rings (SSSR count). The van der Waals surface area contributed by atoms with Crippen LogP contribution in [0.5, 0.6) is 0 Å². The molecule has 0 spiro atoms. The minimum absolute atomic E-state index is 0.387. The molecule has 0 N–H and O–H groups in total. The molecule has 0 aliphatic carbocycles. The summed E-state index contributed by atoms with van der Waals surface area (Å²) < 4.78 is 2.22. The Labute approximate surface area is 75.4 Å². The molecule has 0 aliphatic rings. The summed E-state index contributed by atoms with van der Waals surface area (Å²) in [6.45, 7) is 8.96. The van der Waals surface area contributed by atoms with Crippen LogP contribution < -0.4 is 0 Å². The predicted molar refractivity (Wildman–Crippen MR) is 53.3 cm³/mol. The van der Waals surface area contributed by atoms with Crippen molar-refractivity contribution >= 4 is 0 Å². The van der Waals surface area contributed by atoms with Crippen LogP contribution in [0, 0.1) is 12.3 Å². The second kappa shape index (κ2) is 2.96. The Morgan fingerprint density at radius 3 is 2.25 bits per heavy atom. The number of nitrogens with zero attached hydrogens (tertiary/aromatic N) is 1. The molecule has 0 unspecified atom stereocenters. The first-order chi connectivity index (χ1) is 5.38. The van der Waals surface area contributed by atoms with Gasteiger partial charge in [0.25, 0.3) is 0 Å². The van der Waals surface area contributed by atoms with Gasteiger partial charge < -0.3 is 4.57 Å². The number of rotatable bonds is 1. The Balaban J connectivity index is 2.82. The quantitative estimate of drug-likeness (QED) is 0.603. The maximum Gasteiger partial charge on any atom is 0.0179 e. The monoisotopic (exact) mass is 165 g/mol. The van der Waals surface area contributed by atoms with Crippen molar-refractivity contribution < 1.29 is 0 Å². The van der Waals surface area contributed by atoms with Gasteiger partial charge in [0.15, 0.2) is 0 Å². The summed E-state index contributed by atoms with van der Waals surface area (Å²) in [7, 11) is 2.12. The van der Waals surface area contributed by atoms with Crippen LogP contribution >= 0.6 is 0 Å². The van der Waals surface area contributed by atoms with E-state index in [4.69, 9.17) is 0 Å². The van der Waals surface area contributed by atoms with Crippen molar-refractivity contribution in [3.63, 3.8) is 0 Å². The molecule has 0 saturated carbocycles. The topological polar surface area (TPSA) is 4.93 Å². The first-order valence-corrected chi connectivity index (χ1v) is 4.50. The molecule has 1 aromatic rings. The molecule has 0 aliphatic heterocycles. The lowest BCUT2D eigenvalue weighted by atomic mass is 9.90. The number of aryl methyl sites for hydroxylation is 2. The Morgan fingerprint density at radius 1 is 1.33 bits per heavy atom. The van der Waals surface area contributed by atoms with Gasteiger partial charge in [-0.3, -0.25) is 0 Å². The third kappa shape index (κ3) is 2.40. The summed E-state index contributed by atoms with van der Waals surface area (Å²) in [6.07, 6.45) is 3.33. The van der Waals surface area contributed by atoms with Crippen LogP contribution in [-0.2, 0) is 13.5 Å². The summed E-state index contributed by atoms with van der Waals surface area (Å²) in [5, 5.41) is 0. The van der Waals surface area contributed by atoms with E-state index in [1.165, 1.54) is 11.3 Å². The Bertz CT molecular complexity index is 263. The zero-order valence-electron chi connectivity index (χ0n) is 8.81. The van der Waals surface area contributed by atoms with Crippen LogP contribution in [-0.4, -0.2) is 4.57 Å². The molecule has 1 nitrogen and oxygen atoms in total. The highest BCUT2D eigenvalue weighted by Crippen LogP contribution is 2.21. The smallest absolute Gasteiger partial charge is 0.0179 e. The van der Waals surface area contributed by atoms with Crippen molar-refractivity contribution in [1.82, 2.24) is 4.57 Å². The minimum Gasteiger partial charge on any atom is -0.354 e. The highest BCUT2D eigenvalue weighted by molar-refractivity contribution is 5.17. The van der Waals surface area contributed by atoms with E-state index in [0.29, 0.717) is 5.41 Å². The summed E-state index contributed by atoms with van der Waals surface area (Å²) >= 11 is 0. The van der Waals surface area contributed by atoms with Crippen molar-refractivity contribution in [1.29, 1.82) is 0 Å². The maximum atomic E-state index is 2.27. The van der Waals surface area contributed by atoms with E-state index in [1.807, 2.05) is 0 Å². The molecule has 68 valence electrons. The Hall–Kier alpha value is -0.720. The van der Waals surface area contributed by atoms with Gasteiger partial charge in [-0.2, -0.15) is 0 Å². The lowest BCUT2D eigenvalue weighted by Gasteiger charge is -2.18. The van der Waals surface area contributed by atoms with Gasteiger partial charge >= 0.3 is 0 Å². The maximum absolute atomic E-state index is 2.27. The van der Waals surface area contributed by atoms with Gasteiger partial charge in [-0.05, 0) is 30.4 Å². The second-order valence-corrected chi connectivity index (χ2v) is 4.86. The van der Waals surface area contributed by atoms with Crippen LogP contribution in [0.3, 0.4) is 0 Å². The van der Waals surface area contributed by atoms with Crippen molar-refractivity contribution in [2.75, 3.05) is 0 Å². The average molecular weight is 165 g/mol. The van der Waals surface area contributed by atoms with E-state index in [-0.39, 0.29) is 0 Å². The third-order valence-electron chi connectivity index (χ3n) is 1.96. The van der Waals surface area contributed by atoms with Gasteiger partial charge in [0.1, 0.15) is 0 Å². The number of hydrogen-bond acceptors (Lipinski definition) is 0. The molecule has 0 radical (unpaired) electrons. The average Bonchev–Trinajstić information content (AvgIpc) is 2.06. The van der Waals surface area contributed by atoms with E-state index in [0.717, 1.165) is 6.42 Å². The van der Waals surface area contributed by atoms with Gasteiger partial charge in [-0.1, -0.05) is 20.8 Å². The fourth-order valence-electron chi connectivity index (χ4n) is 1.51. The van der Waals surface area contributed by atoms with Gasteiger partial charge in [0.05, 0.1) is 0 Å². The molecule has 0 bridgehead atoms. The van der Waals surface area contributed by atoms with Gasteiger partial charge in [-0.25, -0.2) is 0 Å². The highest BCUT2D eigenvalue weighted by atomic mass is 14.9. The SMILES string of the molecule is Cc1cc(CC(C)(C)C)n(C)c1. The lowest BCUT2D eigenvalue weighted by molar-refractivity contribution is 0.401. The normalized spacial score (nSPS) is 12.1. The standard InChI is InChI=1S/C11H19N/c1-9-6-10(12(5)8-9)7-11(2,3)4/h6,8H,7H2,1-5H3.